The summed E-state index contributed by atoms with van der Waals surface area (Å²) in [6.07, 6.45) is -1.58. The number of nitrogens with one attached hydrogen (secondary N) is 2. The van der Waals surface area contributed by atoms with Gasteiger partial charge in [0.15, 0.2) is 17.4 Å². The summed E-state index contributed by atoms with van der Waals surface area (Å²) in [5.74, 6) is -0.613. The molecule has 4 N–H and O–H groups in total. The molecule has 0 amide bonds. The molecule has 1 atom stereocenters. The van der Waals surface area contributed by atoms with Crippen molar-refractivity contribution in [2.75, 3.05) is 24.8 Å². The number of aryl methyl sites for hydroxylation is 1. The molecule has 4 aromatic rings. The van der Waals surface area contributed by atoms with Crippen LogP contribution in [0, 0.1) is 5.82 Å². The van der Waals surface area contributed by atoms with Crippen LogP contribution in [-0.2, 0) is 17.5 Å². The van der Waals surface area contributed by atoms with Gasteiger partial charge in [-0.2, -0.15) is 27.1 Å². The first-order valence-electron chi connectivity index (χ1n) is 12.2. The van der Waals surface area contributed by atoms with Gasteiger partial charge in [-0.25, -0.2) is 19.5 Å². The first kappa shape index (κ1) is 30.3. The Bertz CT molecular complexity index is 1690. The fourth-order valence-electron chi connectivity index (χ4n) is 4.23. The number of aromatic amines is 1. The second-order valence-corrected chi connectivity index (χ2v) is 8.94. The standard InChI is InChI=1S/C25H23F6N7O4/c1-41-18-10-33-21(36-20(18)32)15-7-12-4-6-38(23(40)14(12)8-16(15)26)5-2-3-13(11-42-24(27)28)35-17-9-34-37-22(39)19(17)25(29,30)31/h4,6-10,13,24H,2-3,5,11H2,1H3,(H2,32,33,36)(H2,35,37,39)/t13-/m1/s1. The zero-order valence-electron chi connectivity index (χ0n) is 21.7. The lowest BCUT2D eigenvalue weighted by Crippen LogP contribution is -2.32. The molecule has 0 saturated heterocycles. The molecule has 0 saturated carbocycles. The second kappa shape index (κ2) is 12.5. The first-order valence-corrected chi connectivity index (χ1v) is 12.2. The third-order valence-corrected chi connectivity index (χ3v) is 6.18. The predicted octanol–water partition coefficient (Wildman–Crippen LogP) is 3.79. The molecule has 0 bridgehead atoms. The highest BCUT2D eigenvalue weighted by molar-refractivity contribution is 5.86. The van der Waals surface area contributed by atoms with Crippen LogP contribution in [0.3, 0.4) is 0 Å². The van der Waals surface area contributed by atoms with Gasteiger partial charge in [-0.3, -0.25) is 9.59 Å². The van der Waals surface area contributed by atoms with E-state index in [2.05, 4.69) is 25.1 Å². The Morgan fingerprint density at radius 3 is 2.62 bits per heavy atom. The van der Waals surface area contributed by atoms with Crippen molar-refractivity contribution in [2.24, 2.45) is 0 Å². The number of pyridine rings is 1. The maximum atomic E-state index is 15.0. The molecule has 3 aromatic heterocycles. The largest absolute Gasteiger partial charge is 0.491 e. The summed E-state index contributed by atoms with van der Waals surface area (Å²) in [4.78, 5) is 32.9. The van der Waals surface area contributed by atoms with E-state index >= 15 is 0 Å². The minimum atomic E-state index is -5.05. The van der Waals surface area contributed by atoms with Crippen molar-refractivity contribution in [2.45, 2.75) is 38.2 Å². The van der Waals surface area contributed by atoms with Gasteiger partial charge in [-0.1, -0.05) is 0 Å². The van der Waals surface area contributed by atoms with Gasteiger partial charge in [0.2, 0.25) is 0 Å². The van der Waals surface area contributed by atoms with Crippen LogP contribution in [0.1, 0.15) is 18.4 Å². The molecule has 11 nitrogen and oxygen atoms in total. The molecule has 0 fully saturated rings. The van der Waals surface area contributed by atoms with E-state index in [-0.39, 0.29) is 47.7 Å². The van der Waals surface area contributed by atoms with Crippen LogP contribution in [0.25, 0.3) is 22.2 Å². The van der Waals surface area contributed by atoms with Crippen LogP contribution in [0.15, 0.2) is 46.4 Å². The minimum absolute atomic E-state index is 0.00286. The molecule has 0 radical (unpaired) electrons. The van der Waals surface area contributed by atoms with Gasteiger partial charge in [0.25, 0.3) is 11.1 Å². The maximum absolute atomic E-state index is 15.0. The number of benzene rings is 1. The number of nitrogens with zero attached hydrogens (tertiary/aromatic N) is 4. The first-order chi connectivity index (χ1) is 19.9. The summed E-state index contributed by atoms with van der Waals surface area (Å²) in [5, 5.41) is 7.81. The van der Waals surface area contributed by atoms with Crippen molar-refractivity contribution in [1.82, 2.24) is 24.7 Å². The summed E-state index contributed by atoms with van der Waals surface area (Å²) in [6.45, 7) is -3.90. The van der Waals surface area contributed by atoms with Gasteiger partial charge >= 0.3 is 12.8 Å². The van der Waals surface area contributed by atoms with E-state index in [0.29, 0.717) is 11.6 Å². The van der Waals surface area contributed by atoms with Crippen LogP contribution >= 0.6 is 0 Å². The Balaban J connectivity index is 1.53. The molecule has 42 heavy (non-hydrogen) atoms. The van der Waals surface area contributed by atoms with Crippen LogP contribution in [0.5, 0.6) is 5.75 Å². The normalized spacial score (nSPS) is 12.6. The SMILES string of the molecule is COc1cnc(-c2cc3ccn(CCC[C@H](COC(F)F)Nc4cn[nH]c(=O)c4C(F)(F)F)c(=O)c3cc2F)nc1N. The number of anilines is 2. The summed E-state index contributed by atoms with van der Waals surface area (Å²) in [7, 11) is 1.37. The minimum Gasteiger partial charge on any atom is -0.491 e. The highest BCUT2D eigenvalue weighted by atomic mass is 19.4. The molecule has 0 unspecified atom stereocenters. The number of fused-ring (bicyclic) bond motifs is 1. The molecular formula is C25H23F6N7O4. The Hall–Kier alpha value is -4.67. The van der Waals surface area contributed by atoms with E-state index in [0.717, 1.165) is 6.07 Å². The van der Waals surface area contributed by atoms with Crippen molar-refractivity contribution in [3.8, 4) is 17.1 Å². The summed E-state index contributed by atoms with van der Waals surface area (Å²) in [5.41, 5.74) is 1.40. The molecule has 224 valence electrons. The molecule has 0 spiro atoms. The second-order valence-electron chi connectivity index (χ2n) is 8.94. The number of alkyl halides is 5. The highest BCUT2D eigenvalue weighted by Crippen LogP contribution is 2.32. The number of aromatic nitrogens is 5. The van der Waals surface area contributed by atoms with E-state index in [9.17, 15) is 35.9 Å². The summed E-state index contributed by atoms with van der Waals surface area (Å²) < 4.78 is 91.1. The lowest BCUT2D eigenvalue weighted by molar-refractivity contribution is -0.138. The highest BCUT2D eigenvalue weighted by Gasteiger charge is 2.37. The van der Waals surface area contributed by atoms with Crippen LogP contribution in [-0.4, -0.2) is 51.1 Å². The van der Waals surface area contributed by atoms with Gasteiger partial charge in [0, 0.05) is 18.8 Å². The van der Waals surface area contributed by atoms with Crippen molar-refractivity contribution in [3.05, 3.63) is 68.9 Å². The molecule has 3 heterocycles. The maximum Gasteiger partial charge on any atom is 0.423 e. The lowest BCUT2D eigenvalue weighted by Gasteiger charge is -2.22. The number of nitrogens with two attached hydrogens (primary N) is 1. The van der Waals surface area contributed by atoms with E-state index in [4.69, 9.17) is 10.5 Å². The van der Waals surface area contributed by atoms with Crippen molar-refractivity contribution < 1.29 is 35.8 Å². The number of nitrogen functional groups attached to an aromatic ring is 1. The van der Waals surface area contributed by atoms with Gasteiger partial charge in [-0.15, -0.1) is 0 Å². The van der Waals surface area contributed by atoms with Crippen molar-refractivity contribution in [1.29, 1.82) is 0 Å². The molecule has 4 rings (SSSR count). The van der Waals surface area contributed by atoms with Gasteiger partial charge < -0.3 is 25.1 Å². The van der Waals surface area contributed by atoms with Crippen LogP contribution in [0.4, 0.5) is 37.8 Å². The number of methoxy groups -OCH3 is 1. The van der Waals surface area contributed by atoms with E-state index in [1.54, 1.807) is 11.2 Å². The monoisotopic (exact) mass is 599 g/mol. The van der Waals surface area contributed by atoms with Crippen molar-refractivity contribution in [3.63, 3.8) is 0 Å². The average Bonchev–Trinajstić information content (AvgIpc) is 2.92. The molecule has 17 heteroatoms. The molecule has 0 aliphatic heterocycles. The fourth-order valence-corrected chi connectivity index (χ4v) is 4.23. The summed E-state index contributed by atoms with van der Waals surface area (Å²) in [6, 6.07) is 2.83. The zero-order valence-corrected chi connectivity index (χ0v) is 21.7. The topological polar surface area (TPSA) is 150 Å². The third kappa shape index (κ3) is 6.79. The van der Waals surface area contributed by atoms with Gasteiger partial charge in [0.05, 0.1) is 42.7 Å². The zero-order chi connectivity index (χ0) is 30.6. The van der Waals surface area contributed by atoms with E-state index in [1.807, 2.05) is 0 Å². The van der Waals surface area contributed by atoms with E-state index < -0.39 is 53.6 Å². The number of ether oxygens (including phenoxy) is 2. The third-order valence-electron chi connectivity index (χ3n) is 6.18. The number of hydrogen-bond acceptors (Lipinski definition) is 9. The number of H-pyrrole nitrogens is 1. The Morgan fingerprint density at radius 1 is 1.19 bits per heavy atom. The molecular weight excluding hydrogens is 576 g/mol. The number of rotatable bonds is 11. The Kier molecular flexibility index (Phi) is 8.99. The van der Waals surface area contributed by atoms with Gasteiger partial charge in [0.1, 0.15) is 11.4 Å². The van der Waals surface area contributed by atoms with Crippen molar-refractivity contribution >= 4 is 22.3 Å². The fraction of sp³-hybridized carbons (Fsp3) is 0.320. The summed E-state index contributed by atoms with van der Waals surface area (Å²) >= 11 is 0. The number of hydrogen-bond donors (Lipinski definition) is 3. The molecule has 0 aliphatic carbocycles. The Labute approximate surface area is 232 Å². The Morgan fingerprint density at radius 2 is 1.95 bits per heavy atom. The predicted molar refractivity (Wildman–Crippen MR) is 139 cm³/mol. The quantitative estimate of drug-likeness (QED) is 0.219. The van der Waals surface area contributed by atoms with Crippen LogP contribution in [0.2, 0.25) is 0 Å². The molecule has 0 aliphatic rings. The molecule has 1 aromatic carbocycles. The van der Waals surface area contributed by atoms with Gasteiger partial charge in [-0.05, 0) is 36.4 Å². The lowest BCUT2D eigenvalue weighted by atomic mass is 10.1. The van der Waals surface area contributed by atoms with E-state index in [1.165, 1.54) is 30.1 Å². The average molecular weight is 599 g/mol. The smallest absolute Gasteiger partial charge is 0.423 e. The number of halogens is 6. The van der Waals surface area contributed by atoms with Crippen LogP contribution < -0.4 is 26.9 Å².